The highest BCUT2D eigenvalue weighted by atomic mass is 32.2. The molecular formula is C14H13N3OS. The number of thioether (sulfide) groups is 1. The maximum absolute atomic E-state index is 11.8. The topological polar surface area (TPSA) is 69.5 Å². The minimum absolute atomic E-state index is 0.0843. The van der Waals surface area contributed by atoms with Gasteiger partial charge in [-0.15, -0.1) is 11.8 Å². The molecule has 1 aromatic heterocycles. The summed E-state index contributed by atoms with van der Waals surface area (Å²) in [4.78, 5) is 18.8. The Morgan fingerprint density at radius 3 is 2.79 bits per heavy atom. The molecule has 4 nitrogen and oxygen atoms in total. The van der Waals surface area contributed by atoms with Gasteiger partial charge in [-0.2, -0.15) is 5.26 Å². The second-order valence-electron chi connectivity index (χ2n) is 4.11. The third-order valence-corrected chi connectivity index (χ3v) is 3.54. The van der Waals surface area contributed by atoms with Crippen molar-refractivity contribution in [2.45, 2.75) is 18.4 Å². The largest absolute Gasteiger partial charge is 0.309 e. The first-order valence-electron chi connectivity index (χ1n) is 5.77. The fraction of sp³-hybridized carbons (Fsp3) is 0.214. The van der Waals surface area contributed by atoms with Crippen molar-refractivity contribution in [3.63, 3.8) is 0 Å². The van der Waals surface area contributed by atoms with Crippen LogP contribution in [0, 0.1) is 18.3 Å². The van der Waals surface area contributed by atoms with E-state index in [1.54, 1.807) is 6.26 Å². The molecule has 0 aliphatic carbocycles. The first-order chi connectivity index (χ1) is 9.15. The molecule has 19 heavy (non-hydrogen) atoms. The van der Waals surface area contributed by atoms with Gasteiger partial charge in [-0.3, -0.25) is 4.79 Å². The molecule has 0 saturated heterocycles. The molecule has 0 saturated carbocycles. The summed E-state index contributed by atoms with van der Waals surface area (Å²) in [5.74, 6) is 0.586. The van der Waals surface area contributed by atoms with Crippen LogP contribution in [0.5, 0.6) is 0 Å². The smallest absolute Gasteiger partial charge is 0.270 e. The van der Waals surface area contributed by atoms with Crippen LogP contribution in [0.15, 0.2) is 34.1 Å². The van der Waals surface area contributed by atoms with Crippen molar-refractivity contribution >= 4 is 11.8 Å². The van der Waals surface area contributed by atoms with Gasteiger partial charge in [0, 0.05) is 6.42 Å². The Kier molecular flexibility index (Phi) is 4.03. The summed E-state index contributed by atoms with van der Waals surface area (Å²) < 4.78 is 0. The van der Waals surface area contributed by atoms with Crippen LogP contribution >= 0.6 is 11.8 Å². The Hall–Kier alpha value is -2.06. The SMILES string of the molecule is CSc1nc(Cc2ccccc2C)[nH]c(=O)c1C#N. The first-order valence-corrected chi connectivity index (χ1v) is 7.00. The summed E-state index contributed by atoms with van der Waals surface area (Å²) in [6.07, 6.45) is 2.36. The highest BCUT2D eigenvalue weighted by Crippen LogP contribution is 2.16. The molecule has 0 amide bonds. The summed E-state index contributed by atoms with van der Waals surface area (Å²) in [6, 6.07) is 9.85. The Morgan fingerprint density at radius 1 is 1.42 bits per heavy atom. The molecule has 2 rings (SSSR count). The van der Waals surface area contributed by atoms with Crippen molar-refractivity contribution in [2.24, 2.45) is 0 Å². The number of rotatable bonds is 3. The van der Waals surface area contributed by atoms with Crippen molar-refractivity contribution in [3.05, 3.63) is 57.1 Å². The Balaban J connectivity index is 2.43. The zero-order chi connectivity index (χ0) is 13.8. The molecule has 1 aromatic carbocycles. The van der Waals surface area contributed by atoms with E-state index in [0.29, 0.717) is 17.3 Å². The number of aryl methyl sites for hydroxylation is 1. The first kappa shape index (κ1) is 13.4. The number of benzene rings is 1. The fourth-order valence-electron chi connectivity index (χ4n) is 1.82. The maximum atomic E-state index is 11.8. The minimum atomic E-state index is -0.370. The number of nitriles is 1. The number of H-pyrrole nitrogens is 1. The van der Waals surface area contributed by atoms with Crippen LogP contribution in [-0.4, -0.2) is 16.2 Å². The molecule has 0 spiro atoms. The zero-order valence-corrected chi connectivity index (χ0v) is 11.5. The average molecular weight is 271 g/mol. The van der Waals surface area contributed by atoms with E-state index >= 15 is 0 Å². The molecule has 96 valence electrons. The maximum Gasteiger partial charge on any atom is 0.270 e. The van der Waals surface area contributed by atoms with Crippen molar-refractivity contribution in [3.8, 4) is 6.07 Å². The second kappa shape index (κ2) is 5.72. The molecule has 0 aliphatic heterocycles. The summed E-state index contributed by atoms with van der Waals surface area (Å²) in [6.45, 7) is 2.02. The van der Waals surface area contributed by atoms with E-state index in [-0.39, 0.29) is 11.1 Å². The van der Waals surface area contributed by atoms with Crippen molar-refractivity contribution in [2.75, 3.05) is 6.26 Å². The normalized spacial score (nSPS) is 10.2. The van der Waals surface area contributed by atoms with Gasteiger partial charge in [0.25, 0.3) is 5.56 Å². The number of aromatic nitrogens is 2. The predicted molar refractivity (Wildman–Crippen MR) is 75.3 cm³/mol. The monoisotopic (exact) mass is 271 g/mol. The van der Waals surface area contributed by atoms with Crippen molar-refractivity contribution in [1.82, 2.24) is 9.97 Å². The summed E-state index contributed by atoms with van der Waals surface area (Å²) in [5.41, 5.74) is 1.98. The zero-order valence-electron chi connectivity index (χ0n) is 10.7. The van der Waals surface area contributed by atoms with Crippen LogP contribution in [0.2, 0.25) is 0 Å². The molecule has 1 N–H and O–H groups in total. The van der Waals surface area contributed by atoms with E-state index in [1.165, 1.54) is 11.8 Å². The predicted octanol–water partition coefficient (Wildman–Crippen LogP) is 2.26. The van der Waals surface area contributed by atoms with Gasteiger partial charge < -0.3 is 4.98 Å². The molecule has 0 bridgehead atoms. The standard InChI is InChI=1S/C14H13N3OS/c1-9-5-3-4-6-10(9)7-12-16-13(18)11(8-15)14(17-12)19-2/h3-6H,7H2,1-2H3,(H,16,17,18). The van der Waals surface area contributed by atoms with E-state index in [1.807, 2.05) is 37.3 Å². The van der Waals surface area contributed by atoms with Crippen LogP contribution < -0.4 is 5.56 Å². The highest BCUT2D eigenvalue weighted by molar-refractivity contribution is 7.98. The number of nitrogens with zero attached hydrogens (tertiary/aromatic N) is 2. The Morgan fingerprint density at radius 2 is 2.16 bits per heavy atom. The van der Waals surface area contributed by atoms with Gasteiger partial charge >= 0.3 is 0 Å². The molecule has 0 atom stereocenters. The van der Waals surface area contributed by atoms with E-state index in [0.717, 1.165) is 11.1 Å². The molecule has 5 heteroatoms. The summed E-state index contributed by atoms with van der Waals surface area (Å²) in [5, 5.41) is 9.41. The van der Waals surface area contributed by atoms with Crippen LogP contribution in [-0.2, 0) is 6.42 Å². The summed E-state index contributed by atoms with van der Waals surface area (Å²) in [7, 11) is 0. The lowest BCUT2D eigenvalue weighted by Gasteiger charge is -2.06. The van der Waals surface area contributed by atoms with Crippen LogP contribution in [0.1, 0.15) is 22.5 Å². The van der Waals surface area contributed by atoms with Crippen LogP contribution in [0.4, 0.5) is 0 Å². The molecule has 0 radical (unpaired) electrons. The van der Waals surface area contributed by atoms with Gasteiger partial charge in [0.15, 0.2) is 0 Å². The highest BCUT2D eigenvalue weighted by Gasteiger charge is 2.11. The minimum Gasteiger partial charge on any atom is -0.309 e. The van der Waals surface area contributed by atoms with E-state index in [2.05, 4.69) is 9.97 Å². The molecule has 1 heterocycles. The number of aromatic amines is 1. The van der Waals surface area contributed by atoms with Crippen molar-refractivity contribution in [1.29, 1.82) is 5.26 Å². The summed E-state index contributed by atoms with van der Waals surface area (Å²) >= 11 is 1.31. The lowest BCUT2D eigenvalue weighted by Crippen LogP contribution is -2.16. The number of hydrogen-bond donors (Lipinski definition) is 1. The second-order valence-corrected chi connectivity index (χ2v) is 4.91. The van der Waals surface area contributed by atoms with Gasteiger partial charge in [0.05, 0.1) is 0 Å². The lowest BCUT2D eigenvalue weighted by atomic mass is 10.1. The number of hydrogen-bond acceptors (Lipinski definition) is 4. The van der Waals surface area contributed by atoms with Crippen LogP contribution in [0.25, 0.3) is 0 Å². The van der Waals surface area contributed by atoms with Gasteiger partial charge in [-0.05, 0) is 24.3 Å². The van der Waals surface area contributed by atoms with Crippen molar-refractivity contribution < 1.29 is 0 Å². The van der Waals surface area contributed by atoms with Gasteiger partial charge in [-0.25, -0.2) is 4.98 Å². The van der Waals surface area contributed by atoms with E-state index < -0.39 is 0 Å². The van der Waals surface area contributed by atoms with Gasteiger partial charge in [0.1, 0.15) is 22.5 Å². The molecule has 0 unspecified atom stereocenters. The van der Waals surface area contributed by atoms with Crippen LogP contribution in [0.3, 0.4) is 0 Å². The molecule has 2 aromatic rings. The quantitative estimate of drug-likeness (QED) is 0.686. The molecular weight excluding hydrogens is 258 g/mol. The molecule has 0 fully saturated rings. The van der Waals surface area contributed by atoms with E-state index in [9.17, 15) is 4.79 Å². The third-order valence-electron chi connectivity index (χ3n) is 2.86. The Labute approximate surface area is 115 Å². The third kappa shape index (κ3) is 2.85. The average Bonchev–Trinajstić information content (AvgIpc) is 2.40. The number of nitrogens with one attached hydrogen (secondary N) is 1. The Bertz CT molecular complexity index is 701. The fourth-order valence-corrected chi connectivity index (χ4v) is 2.36. The van der Waals surface area contributed by atoms with Gasteiger partial charge in [-0.1, -0.05) is 24.3 Å². The lowest BCUT2D eigenvalue weighted by molar-refractivity contribution is 0.877. The van der Waals surface area contributed by atoms with E-state index in [4.69, 9.17) is 5.26 Å². The molecule has 0 aliphatic rings. The van der Waals surface area contributed by atoms with Gasteiger partial charge in [0.2, 0.25) is 0 Å².